The molecule has 2 rings (SSSR count). The molecule has 1 aromatic carbocycles. The molecule has 1 aromatic rings. The average molecular weight is 371 g/mol. The van der Waals surface area contributed by atoms with Gasteiger partial charge in [-0.05, 0) is 51.7 Å². The molecule has 0 radical (unpaired) electrons. The molecule has 6 heteroatoms. The summed E-state index contributed by atoms with van der Waals surface area (Å²) in [4.78, 5) is 27.6. The number of nitrogens with one attached hydrogen (secondary N) is 1. The number of hydrogen-bond donors (Lipinski definition) is 1. The summed E-state index contributed by atoms with van der Waals surface area (Å²) in [5.74, 6) is -0.512. The van der Waals surface area contributed by atoms with Gasteiger partial charge in [0, 0.05) is 12.6 Å². The first-order valence-corrected chi connectivity index (χ1v) is 9.11. The molecule has 1 aliphatic heterocycles. The number of nitrogens with zero attached hydrogens (tertiary/aromatic N) is 1. The smallest absolute Gasteiger partial charge is 0.239 e. The first-order valence-electron chi connectivity index (χ1n) is 8.35. The predicted octanol–water partition coefficient (Wildman–Crippen LogP) is 4.75. The highest BCUT2D eigenvalue weighted by molar-refractivity contribution is 6.44. The van der Waals surface area contributed by atoms with E-state index >= 15 is 0 Å². The van der Waals surface area contributed by atoms with E-state index in [-0.39, 0.29) is 22.9 Å². The predicted molar refractivity (Wildman–Crippen MR) is 98.5 cm³/mol. The Kier molecular flexibility index (Phi) is 6.16. The Hall–Kier alpha value is -1.26. The van der Waals surface area contributed by atoms with Crippen molar-refractivity contribution in [3.05, 3.63) is 28.2 Å². The second-order valence-electron chi connectivity index (χ2n) is 6.74. The minimum Gasteiger partial charge on any atom is -0.339 e. The standard InChI is InChI=1S/C18H24Cl2N2O2/c1-4-12-8-5-6-11-22(12)17(24)18(2,3)16(23)21-14-10-7-9-13(19)15(14)20/h7,9-10,12H,4-6,8,11H2,1-3H3,(H,21,23). The molecule has 4 nitrogen and oxygen atoms in total. The van der Waals surface area contributed by atoms with Crippen LogP contribution in [0.1, 0.15) is 46.5 Å². The van der Waals surface area contributed by atoms with Crippen molar-refractivity contribution in [2.75, 3.05) is 11.9 Å². The summed E-state index contributed by atoms with van der Waals surface area (Å²) >= 11 is 12.1. The maximum Gasteiger partial charge on any atom is 0.239 e. The molecule has 2 amide bonds. The fraction of sp³-hybridized carbons (Fsp3) is 0.556. The van der Waals surface area contributed by atoms with Gasteiger partial charge in [0.05, 0.1) is 15.7 Å². The molecule has 0 aromatic heterocycles. The van der Waals surface area contributed by atoms with Gasteiger partial charge in [0.15, 0.2) is 0 Å². The van der Waals surface area contributed by atoms with Crippen molar-refractivity contribution in [1.29, 1.82) is 0 Å². The third-order valence-corrected chi connectivity index (χ3v) is 5.48. The van der Waals surface area contributed by atoms with Crippen molar-refractivity contribution in [1.82, 2.24) is 4.90 Å². The highest BCUT2D eigenvalue weighted by Crippen LogP contribution is 2.32. The number of piperidine rings is 1. The van der Waals surface area contributed by atoms with Gasteiger partial charge in [0.2, 0.25) is 11.8 Å². The van der Waals surface area contributed by atoms with Crippen LogP contribution < -0.4 is 5.32 Å². The minimum absolute atomic E-state index is 0.135. The third kappa shape index (κ3) is 3.86. The number of hydrogen-bond acceptors (Lipinski definition) is 2. The van der Waals surface area contributed by atoms with E-state index in [1.807, 2.05) is 4.90 Å². The molecule has 1 saturated heterocycles. The van der Waals surface area contributed by atoms with Crippen LogP contribution in [0.4, 0.5) is 5.69 Å². The molecule has 1 unspecified atom stereocenters. The molecular weight excluding hydrogens is 347 g/mol. The van der Waals surface area contributed by atoms with Gasteiger partial charge in [0.1, 0.15) is 5.41 Å². The Balaban J connectivity index is 2.17. The first-order chi connectivity index (χ1) is 11.3. The van der Waals surface area contributed by atoms with Crippen LogP contribution in [-0.4, -0.2) is 29.3 Å². The number of anilines is 1. The molecule has 1 N–H and O–H groups in total. The van der Waals surface area contributed by atoms with Crippen molar-refractivity contribution in [3.8, 4) is 0 Å². The van der Waals surface area contributed by atoms with Crippen LogP contribution >= 0.6 is 23.2 Å². The van der Waals surface area contributed by atoms with E-state index in [1.165, 1.54) is 0 Å². The Morgan fingerprint density at radius 3 is 2.67 bits per heavy atom. The summed E-state index contributed by atoms with van der Waals surface area (Å²) in [6.45, 7) is 6.11. The normalized spacial score (nSPS) is 18.4. The van der Waals surface area contributed by atoms with Crippen molar-refractivity contribution in [3.63, 3.8) is 0 Å². The number of halogens is 2. The van der Waals surface area contributed by atoms with Crippen molar-refractivity contribution in [2.45, 2.75) is 52.5 Å². The van der Waals surface area contributed by atoms with E-state index in [0.29, 0.717) is 17.3 Å². The topological polar surface area (TPSA) is 49.4 Å². The van der Waals surface area contributed by atoms with E-state index in [9.17, 15) is 9.59 Å². The monoisotopic (exact) mass is 370 g/mol. The second kappa shape index (κ2) is 7.75. The lowest BCUT2D eigenvalue weighted by Crippen LogP contribution is -2.52. The van der Waals surface area contributed by atoms with Crippen molar-refractivity contribution < 1.29 is 9.59 Å². The number of rotatable bonds is 4. The molecular formula is C18H24Cl2N2O2. The van der Waals surface area contributed by atoms with Crippen LogP contribution in [0.3, 0.4) is 0 Å². The van der Waals surface area contributed by atoms with E-state index in [0.717, 1.165) is 25.7 Å². The van der Waals surface area contributed by atoms with Gasteiger partial charge in [-0.1, -0.05) is 36.2 Å². The first kappa shape index (κ1) is 19.1. The van der Waals surface area contributed by atoms with Crippen molar-refractivity contribution >= 4 is 40.7 Å². The molecule has 24 heavy (non-hydrogen) atoms. The summed E-state index contributed by atoms with van der Waals surface area (Å²) in [6.07, 6.45) is 4.02. The summed E-state index contributed by atoms with van der Waals surface area (Å²) in [5, 5.41) is 3.38. The molecule has 1 atom stereocenters. The molecule has 132 valence electrons. The van der Waals surface area contributed by atoms with Gasteiger partial charge >= 0.3 is 0 Å². The van der Waals surface area contributed by atoms with Crippen LogP contribution in [0.25, 0.3) is 0 Å². The lowest BCUT2D eigenvalue weighted by Gasteiger charge is -2.39. The van der Waals surface area contributed by atoms with Gasteiger partial charge in [-0.25, -0.2) is 0 Å². The van der Waals surface area contributed by atoms with Crippen LogP contribution in [-0.2, 0) is 9.59 Å². The number of benzene rings is 1. The summed E-state index contributed by atoms with van der Waals surface area (Å²) in [5.41, 5.74) is -0.753. The van der Waals surface area contributed by atoms with E-state index in [1.54, 1.807) is 32.0 Å². The van der Waals surface area contributed by atoms with Crippen LogP contribution in [0.2, 0.25) is 10.0 Å². The van der Waals surface area contributed by atoms with Crippen LogP contribution in [0.5, 0.6) is 0 Å². The number of carbonyl (C=O) groups excluding carboxylic acids is 2. The third-order valence-electron chi connectivity index (χ3n) is 4.66. The van der Waals surface area contributed by atoms with E-state index in [4.69, 9.17) is 23.2 Å². The van der Waals surface area contributed by atoms with Crippen LogP contribution in [0.15, 0.2) is 18.2 Å². The van der Waals surface area contributed by atoms with Gasteiger partial charge in [-0.2, -0.15) is 0 Å². The Bertz CT molecular complexity index is 631. The highest BCUT2D eigenvalue weighted by Gasteiger charge is 2.41. The molecule has 0 aliphatic carbocycles. The quantitative estimate of drug-likeness (QED) is 0.777. The maximum absolute atomic E-state index is 13.0. The molecule has 0 saturated carbocycles. The van der Waals surface area contributed by atoms with Gasteiger partial charge in [-0.15, -0.1) is 0 Å². The van der Waals surface area contributed by atoms with Crippen molar-refractivity contribution in [2.24, 2.45) is 5.41 Å². The summed E-state index contributed by atoms with van der Waals surface area (Å²) < 4.78 is 0. The zero-order valence-electron chi connectivity index (χ0n) is 14.4. The molecule has 1 heterocycles. The number of carbonyl (C=O) groups is 2. The SMILES string of the molecule is CCC1CCCCN1C(=O)C(C)(C)C(=O)Nc1cccc(Cl)c1Cl. The van der Waals surface area contributed by atoms with Gasteiger partial charge in [0.25, 0.3) is 0 Å². The Morgan fingerprint density at radius 2 is 2.00 bits per heavy atom. The maximum atomic E-state index is 13.0. The minimum atomic E-state index is -1.17. The fourth-order valence-corrected chi connectivity index (χ4v) is 3.38. The largest absolute Gasteiger partial charge is 0.339 e. The lowest BCUT2D eigenvalue weighted by molar-refractivity contribution is -0.149. The summed E-state index contributed by atoms with van der Waals surface area (Å²) in [7, 11) is 0. The zero-order chi connectivity index (χ0) is 17.9. The highest BCUT2D eigenvalue weighted by atomic mass is 35.5. The van der Waals surface area contributed by atoms with E-state index < -0.39 is 5.41 Å². The fourth-order valence-electron chi connectivity index (χ4n) is 3.03. The van der Waals surface area contributed by atoms with Crippen LogP contribution in [0, 0.1) is 5.41 Å². The molecule has 1 aliphatic rings. The zero-order valence-corrected chi connectivity index (χ0v) is 15.9. The number of amides is 2. The average Bonchev–Trinajstić information content (AvgIpc) is 2.58. The lowest BCUT2D eigenvalue weighted by atomic mass is 9.87. The molecule has 0 spiro atoms. The molecule has 1 fully saturated rings. The van der Waals surface area contributed by atoms with Gasteiger partial charge in [-0.3, -0.25) is 9.59 Å². The number of likely N-dealkylation sites (tertiary alicyclic amines) is 1. The van der Waals surface area contributed by atoms with Gasteiger partial charge < -0.3 is 10.2 Å². The second-order valence-corrected chi connectivity index (χ2v) is 7.52. The Labute approximate surface area is 153 Å². The Morgan fingerprint density at radius 1 is 1.29 bits per heavy atom. The summed E-state index contributed by atoms with van der Waals surface area (Å²) in [6, 6.07) is 5.24. The molecule has 0 bridgehead atoms. The van der Waals surface area contributed by atoms with E-state index in [2.05, 4.69) is 12.2 Å².